The molecule has 0 saturated carbocycles. The van der Waals surface area contributed by atoms with Crippen LogP contribution in [0.1, 0.15) is 23.1 Å². The van der Waals surface area contributed by atoms with Gasteiger partial charge in [0.1, 0.15) is 5.75 Å². The second-order valence-electron chi connectivity index (χ2n) is 8.59. The number of benzene rings is 2. The number of methoxy groups -OCH3 is 1. The Kier molecular flexibility index (Phi) is 8.52. The molecule has 2 heterocycles. The van der Waals surface area contributed by atoms with E-state index < -0.39 is 0 Å². The summed E-state index contributed by atoms with van der Waals surface area (Å²) in [6, 6.07) is 19.9. The van der Waals surface area contributed by atoms with Gasteiger partial charge in [0.05, 0.1) is 13.2 Å². The molecule has 1 aliphatic rings. The number of likely N-dealkylation sites (tertiary alicyclic amines) is 1. The lowest BCUT2D eigenvalue weighted by molar-refractivity contribution is -0.125. The second kappa shape index (κ2) is 12.0. The summed E-state index contributed by atoms with van der Waals surface area (Å²) in [7, 11) is 1.67. The smallest absolute Gasteiger partial charge is 0.237 e. The number of hydrogen-bond acceptors (Lipinski definition) is 5. The van der Waals surface area contributed by atoms with E-state index in [2.05, 4.69) is 32.7 Å². The summed E-state index contributed by atoms with van der Waals surface area (Å²) in [5, 5.41) is 7.50. The number of halogens is 1. The Morgan fingerprint density at radius 1 is 1.09 bits per heavy atom. The van der Waals surface area contributed by atoms with Gasteiger partial charge in [0.25, 0.3) is 0 Å². The van der Waals surface area contributed by atoms with Gasteiger partial charge in [-0.05, 0) is 59.9 Å². The molecule has 1 aliphatic heterocycles. The third-order valence-corrected chi connectivity index (χ3v) is 6.62. The molecular weight excluding hydrogens is 448 g/mol. The molecule has 1 saturated heterocycles. The maximum Gasteiger partial charge on any atom is 0.237 e. The molecule has 178 valence electrons. The first-order valence-electron chi connectivity index (χ1n) is 11.6. The number of aromatic nitrogens is 1. The van der Waals surface area contributed by atoms with E-state index in [4.69, 9.17) is 16.3 Å². The number of nitrogens with one attached hydrogen (secondary N) is 2. The van der Waals surface area contributed by atoms with Crippen LogP contribution in [0.3, 0.4) is 0 Å². The predicted molar refractivity (Wildman–Crippen MR) is 135 cm³/mol. The van der Waals surface area contributed by atoms with Crippen molar-refractivity contribution in [2.24, 2.45) is 0 Å². The monoisotopic (exact) mass is 478 g/mol. The zero-order valence-corrected chi connectivity index (χ0v) is 20.2. The summed E-state index contributed by atoms with van der Waals surface area (Å²) >= 11 is 6.43. The fourth-order valence-corrected chi connectivity index (χ4v) is 4.54. The number of rotatable bonds is 10. The van der Waals surface area contributed by atoms with Crippen molar-refractivity contribution >= 4 is 17.5 Å². The lowest BCUT2D eigenvalue weighted by Crippen LogP contribution is -2.43. The molecule has 34 heavy (non-hydrogen) atoms. The quantitative estimate of drug-likeness (QED) is 0.463. The van der Waals surface area contributed by atoms with Gasteiger partial charge in [-0.2, -0.15) is 0 Å². The average Bonchev–Trinajstić information content (AvgIpc) is 3.28. The zero-order chi connectivity index (χ0) is 23.8. The molecule has 0 radical (unpaired) electrons. The molecular formula is C27H31ClN4O2. The van der Waals surface area contributed by atoms with Crippen molar-refractivity contribution in [3.8, 4) is 5.75 Å². The van der Waals surface area contributed by atoms with Crippen LogP contribution in [-0.4, -0.2) is 48.1 Å². The fraction of sp³-hybridized carbons (Fsp3) is 0.333. The number of pyridine rings is 1. The average molecular weight is 479 g/mol. The lowest BCUT2D eigenvalue weighted by atomic mass is 10.1. The number of amides is 1. The summed E-state index contributed by atoms with van der Waals surface area (Å²) in [6.45, 7) is 2.76. The van der Waals surface area contributed by atoms with Gasteiger partial charge in [-0.1, -0.05) is 41.9 Å². The maximum atomic E-state index is 13.2. The van der Waals surface area contributed by atoms with Crippen LogP contribution in [0.15, 0.2) is 73.1 Å². The molecule has 4 rings (SSSR count). The number of nitrogens with zero attached hydrogens (tertiary/aromatic N) is 2. The molecule has 0 unspecified atom stereocenters. The molecule has 7 heteroatoms. The van der Waals surface area contributed by atoms with Gasteiger partial charge in [-0.15, -0.1) is 0 Å². The van der Waals surface area contributed by atoms with Crippen molar-refractivity contribution in [3.63, 3.8) is 0 Å². The Morgan fingerprint density at radius 2 is 1.85 bits per heavy atom. The van der Waals surface area contributed by atoms with Crippen LogP contribution in [0.5, 0.6) is 5.75 Å². The number of hydrogen-bond donors (Lipinski definition) is 2. The Labute approximate surface area is 206 Å². The summed E-state index contributed by atoms with van der Waals surface area (Å²) in [5.41, 5.74) is 3.38. The number of carbonyl (C=O) groups excluding carboxylic acids is 1. The molecule has 2 aromatic carbocycles. The highest BCUT2D eigenvalue weighted by atomic mass is 35.5. The Morgan fingerprint density at radius 3 is 2.59 bits per heavy atom. The predicted octanol–water partition coefficient (Wildman–Crippen LogP) is 3.84. The van der Waals surface area contributed by atoms with Gasteiger partial charge >= 0.3 is 0 Å². The van der Waals surface area contributed by atoms with Crippen molar-refractivity contribution in [3.05, 3.63) is 94.8 Å². The molecule has 1 aromatic heterocycles. The number of ether oxygens (including phenoxy) is 1. The molecule has 2 N–H and O–H groups in total. The van der Waals surface area contributed by atoms with Crippen LogP contribution in [-0.2, 0) is 24.3 Å². The van der Waals surface area contributed by atoms with Crippen LogP contribution in [0.4, 0.5) is 0 Å². The third kappa shape index (κ3) is 6.56. The standard InChI is InChI=1S/C27H31ClN4O2/c1-34-24-8-6-21(7-9-24)17-31-23-16-26(27(33)30-15-12-20-10-13-29-14-11-20)32(19-23)18-22-4-2-3-5-25(22)28/h2-11,13-14,23,26,31H,12,15-19H2,1H3,(H,30,33)/t23-,26-/m0/s1. The number of carbonyl (C=O) groups is 1. The SMILES string of the molecule is COc1ccc(CN[C@H]2C[C@@H](C(=O)NCCc3ccncc3)N(Cc3ccccc3Cl)C2)cc1. The molecule has 3 aromatic rings. The van der Waals surface area contributed by atoms with E-state index in [0.29, 0.717) is 13.1 Å². The second-order valence-corrected chi connectivity index (χ2v) is 9.00. The van der Waals surface area contributed by atoms with Crippen LogP contribution in [0.2, 0.25) is 5.02 Å². The minimum Gasteiger partial charge on any atom is -0.497 e. The summed E-state index contributed by atoms with van der Waals surface area (Å²) in [5.74, 6) is 0.911. The van der Waals surface area contributed by atoms with Crippen molar-refractivity contribution in [2.75, 3.05) is 20.2 Å². The molecule has 0 aliphatic carbocycles. The molecule has 0 bridgehead atoms. The van der Waals surface area contributed by atoms with Crippen LogP contribution >= 0.6 is 11.6 Å². The molecule has 0 spiro atoms. The van der Waals surface area contributed by atoms with Crippen molar-refractivity contribution in [1.82, 2.24) is 20.5 Å². The van der Waals surface area contributed by atoms with Gasteiger partial charge in [0.15, 0.2) is 0 Å². The van der Waals surface area contributed by atoms with Crippen molar-refractivity contribution in [2.45, 2.75) is 38.0 Å². The minimum atomic E-state index is -0.206. The molecule has 6 nitrogen and oxygen atoms in total. The summed E-state index contributed by atoms with van der Waals surface area (Å²) < 4.78 is 5.24. The maximum absolute atomic E-state index is 13.2. The molecule has 1 amide bonds. The van der Waals surface area contributed by atoms with E-state index in [1.165, 1.54) is 5.56 Å². The largest absolute Gasteiger partial charge is 0.497 e. The van der Waals surface area contributed by atoms with E-state index in [9.17, 15) is 4.79 Å². The van der Waals surface area contributed by atoms with Crippen LogP contribution in [0, 0.1) is 0 Å². The topological polar surface area (TPSA) is 66.5 Å². The van der Waals surface area contributed by atoms with Gasteiger partial charge < -0.3 is 15.4 Å². The summed E-state index contributed by atoms with van der Waals surface area (Å²) in [6.07, 6.45) is 5.09. The van der Waals surface area contributed by atoms with Gasteiger partial charge in [-0.25, -0.2) is 0 Å². The van der Waals surface area contributed by atoms with E-state index in [-0.39, 0.29) is 18.0 Å². The highest BCUT2D eigenvalue weighted by molar-refractivity contribution is 6.31. The first-order chi connectivity index (χ1) is 16.6. The Hall–Kier alpha value is -2.93. The van der Waals surface area contributed by atoms with E-state index in [1.54, 1.807) is 19.5 Å². The first-order valence-corrected chi connectivity index (χ1v) is 12.0. The van der Waals surface area contributed by atoms with Gasteiger partial charge in [0.2, 0.25) is 5.91 Å². The summed E-state index contributed by atoms with van der Waals surface area (Å²) in [4.78, 5) is 19.4. The molecule has 2 atom stereocenters. The van der Waals surface area contributed by atoms with Crippen molar-refractivity contribution < 1.29 is 9.53 Å². The highest BCUT2D eigenvalue weighted by Crippen LogP contribution is 2.25. The normalized spacial score (nSPS) is 18.1. The minimum absolute atomic E-state index is 0.0647. The van der Waals surface area contributed by atoms with E-state index in [0.717, 1.165) is 47.8 Å². The third-order valence-electron chi connectivity index (χ3n) is 6.25. The Bertz CT molecular complexity index is 1060. The van der Waals surface area contributed by atoms with Crippen LogP contribution < -0.4 is 15.4 Å². The fourth-order valence-electron chi connectivity index (χ4n) is 4.35. The lowest BCUT2D eigenvalue weighted by Gasteiger charge is -2.24. The Balaban J connectivity index is 1.38. The van der Waals surface area contributed by atoms with Crippen LogP contribution in [0.25, 0.3) is 0 Å². The van der Waals surface area contributed by atoms with Gasteiger partial charge in [-0.3, -0.25) is 14.7 Å². The van der Waals surface area contributed by atoms with Gasteiger partial charge in [0, 0.05) is 49.6 Å². The van der Waals surface area contributed by atoms with Crippen molar-refractivity contribution in [1.29, 1.82) is 0 Å². The van der Waals surface area contributed by atoms with E-state index in [1.807, 2.05) is 48.5 Å². The molecule has 1 fully saturated rings. The highest BCUT2D eigenvalue weighted by Gasteiger charge is 2.36. The first kappa shape index (κ1) is 24.2. The van der Waals surface area contributed by atoms with E-state index >= 15 is 0 Å². The zero-order valence-electron chi connectivity index (χ0n) is 19.4.